The van der Waals surface area contributed by atoms with Crippen molar-refractivity contribution in [2.24, 2.45) is 0 Å². The van der Waals surface area contributed by atoms with Gasteiger partial charge >= 0.3 is 6.36 Å². The van der Waals surface area contributed by atoms with Gasteiger partial charge in [-0.15, -0.1) is 13.2 Å². The number of pyridine rings is 1. The van der Waals surface area contributed by atoms with Gasteiger partial charge in [-0.3, -0.25) is 4.79 Å². The number of ether oxygens (including phenoxy) is 2. The summed E-state index contributed by atoms with van der Waals surface area (Å²) in [7, 11) is 0. The fourth-order valence-corrected chi connectivity index (χ4v) is 3.43. The molecule has 0 atom stereocenters. The van der Waals surface area contributed by atoms with E-state index in [0.29, 0.717) is 16.3 Å². The highest BCUT2D eigenvalue weighted by molar-refractivity contribution is 6.42. The van der Waals surface area contributed by atoms with Crippen LogP contribution in [-0.4, -0.2) is 12.3 Å². The number of hydrogen-bond acceptors (Lipinski definition) is 4. The Labute approximate surface area is 196 Å². The summed E-state index contributed by atoms with van der Waals surface area (Å²) in [5, 5.41) is 14.7. The summed E-state index contributed by atoms with van der Waals surface area (Å²) in [5.74, 6) is -0.600. The second kappa shape index (κ2) is 8.99. The molecule has 11 heteroatoms. The Morgan fingerprint density at radius 1 is 1.03 bits per heavy atom. The van der Waals surface area contributed by atoms with E-state index >= 15 is 0 Å². The first-order valence-corrected chi connectivity index (χ1v) is 10.4. The molecule has 1 heterocycles. The lowest BCUT2D eigenvalue weighted by atomic mass is 10.1. The van der Waals surface area contributed by atoms with Crippen molar-refractivity contribution in [3.8, 4) is 17.2 Å². The molecule has 0 radical (unpaired) electrons. The van der Waals surface area contributed by atoms with Gasteiger partial charge in [0, 0.05) is 11.6 Å². The average molecular weight is 499 g/mol. The van der Waals surface area contributed by atoms with Crippen molar-refractivity contribution >= 4 is 34.8 Å². The first kappa shape index (κ1) is 23.0. The van der Waals surface area contributed by atoms with Gasteiger partial charge in [0.1, 0.15) is 22.9 Å². The summed E-state index contributed by atoms with van der Waals surface area (Å²) in [6.45, 7) is 0. The molecule has 172 valence electrons. The molecule has 1 aromatic heterocycles. The number of nitrogens with zero attached hydrogens (tertiary/aromatic N) is 1. The third-order valence-electron chi connectivity index (χ3n) is 4.72. The zero-order chi connectivity index (χ0) is 23.8. The molecular formula is C22H15Cl2F3N2O4. The van der Waals surface area contributed by atoms with E-state index in [4.69, 9.17) is 27.9 Å². The van der Waals surface area contributed by atoms with E-state index in [-0.39, 0.29) is 27.1 Å². The number of anilines is 1. The van der Waals surface area contributed by atoms with Crippen LogP contribution in [0, 0.1) is 5.21 Å². The van der Waals surface area contributed by atoms with Gasteiger partial charge in [-0.1, -0.05) is 23.2 Å². The minimum absolute atomic E-state index is 0.00860. The Bertz CT molecular complexity index is 1200. The molecule has 1 fully saturated rings. The zero-order valence-corrected chi connectivity index (χ0v) is 18.2. The molecule has 1 amide bonds. The molecule has 4 rings (SSSR count). The van der Waals surface area contributed by atoms with Gasteiger partial charge in [0.05, 0.1) is 15.6 Å². The molecule has 2 aromatic carbocycles. The Hall–Kier alpha value is -3.17. The van der Waals surface area contributed by atoms with Crippen LogP contribution in [0.3, 0.4) is 0 Å². The van der Waals surface area contributed by atoms with Gasteiger partial charge in [-0.2, -0.15) is 4.73 Å². The topological polar surface area (TPSA) is 74.5 Å². The lowest BCUT2D eigenvalue weighted by Gasteiger charge is -2.14. The maximum atomic E-state index is 13.0. The van der Waals surface area contributed by atoms with Crippen LogP contribution in [0.2, 0.25) is 10.0 Å². The number of hydrogen-bond donors (Lipinski definition) is 1. The van der Waals surface area contributed by atoms with Crippen LogP contribution in [0.15, 0.2) is 54.9 Å². The van der Waals surface area contributed by atoms with E-state index in [2.05, 4.69) is 10.1 Å². The number of halogens is 5. The van der Waals surface area contributed by atoms with Gasteiger partial charge in [0.25, 0.3) is 5.91 Å². The van der Waals surface area contributed by atoms with Crippen molar-refractivity contribution in [1.29, 1.82) is 0 Å². The predicted molar refractivity (Wildman–Crippen MR) is 115 cm³/mol. The lowest BCUT2D eigenvalue weighted by Crippen LogP contribution is -2.27. The smallest absolute Gasteiger partial charge is 0.573 e. The van der Waals surface area contributed by atoms with Crippen LogP contribution in [0.25, 0.3) is 0 Å². The second-order valence-electron chi connectivity index (χ2n) is 7.33. The molecule has 1 aliphatic carbocycles. The number of aromatic nitrogens is 1. The quantitative estimate of drug-likeness (QED) is 0.313. The van der Waals surface area contributed by atoms with Crippen LogP contribution in [-0.2, 0) is 0 Å². The molecule has 0 unspecified atom stereocenters. The highest BCUT2D eigenvalue weighted by Gasteiger charge is 2.31. The Morgan fingerprint density at radius 3 is 2.30 bits per heavy atom. The van der Waals surface area contributed by atoms with Crippen molar-refractivity contribution < 1.29 is 32.2 Å². The summed E-state index contributed by atoms with van der Waals surface area (Å²) in [6.07, 6.45) is -0.172. The van der Waals surface area contributed by atoms with E-state index in [1.165, 1.54) is 36.7 Å². The molecule has 33 heavy (non-hydrogen) atoms. The van der Waals surface area contributed by atoms with E-state index in [1.54, 1.807) is 6.07 Å². The molecule has 0 spiro atoms. The minimum Gasteiger partial charge on any atom is -0.619 e. The number of benzene rings is 2. The van der Waals surface area contributed by atoms with Crippen molar-refractivity contribution in [2.75, 3.05) is 5.32 Å². The van der Waals surface area contributed by atoms with Crippen molar-refractivity contribution in [3.05, 3.63) is 81.2 Å². The molecule has 1 saturated carbocycles. The summed E-state index contributed by atoms with van der Waals surface area (Å²) in [4.78, 5) is 13.0. The van der Waals surface area contributed by atoms with Crippen LogP contribution in [0.5, 0.6) is 17.2 Å². The maximum absolute atomic E-state index is 13.0. The number of rotatable bonds is 6. The Kier molecular flexibility index (Phi) is 6.27. The molecule has 0 bridgehead atoms. The largest absolute Gasteiger partial charge is 0.619 e. The average Bonchev–Trinajstić information content (AvgIpc) is 3.56. The first-order chi connectivity index (χ1) is 15.6. The number of carbonyl (C=O) groups is 1. The zero-order valence-electron chi connectivity index (χ0n) is 16.7. The molecule has 0 aliphatic heterocycles. The van der Waals surface area contributed by atoms with Crippen LogP contribution < -0.4 is 19.5 Å². The fourth-order valence-electron chi connectivity index (χ4n) is 3.11. The predicted octanol–water partition coefficient (Wildman–Crippen LogP) is 6.45. The van der Waals surface area contributed by atoms with Gasteiger partial charge in [-0.25, -0.2) is 0 Å². The molecule has 0 saturated heterocycles. The number of alkyl halides is 3. The minimum atomic E-state index is -4.82. The van der Waals surface area contributed by atoms with Crippen LogP contribution in [0.4, 0.5) is 18.9 Å². The number of carbonyl (C=O) groups excluding carboxylic acids is 1. The standard InChI is InChI=1S/C22H15Cl2F3N2O4/c23-18-8-17(21(30)28-14-7-13(12-1-2-12)10-29(31)11-14)20(9-19(18)24)32-15-3-5-16(6-4-15)33-22(25,26)27/h3-12H,1-2H2,(H,28,30). The van der Waals surface area contributed by atoms with Crippen molar-refractivity contribution in [1.82, 2.24) is 0 Å². The van der Waals surface area contributed by atoms with Gasteiger partial charge < -0.3 is 20.0 Å². The molecule has 6 nitrogen and oxygen atoms in total. The first-order valence-electron chi connectivity index (χ1n) is 9.65. The third kappa shape index (κ3) is 6.00. The summed E-state index contributed by atoms with van der Waals surface area (Å²) >= 11 is 12.1. The maximum Gasteiger partial charge on any atom is 0.573 e. The lowest BCUT2D eigenvalue weighted by molar-refractivity contribution is -0.605. The fraction of sp³-hybridized carbons (Fsp3) is 0.182. The highest BCUT2D eigenvalue weighted by atomic mass is 35.5. The molecular weight excluding hydrogens is 484 g/mol. The monoisotopic (exact) mass is 498 g/mol. The molecule has 1 aliphatic rings. The number of nitrogens with one attached hydrogen (secondary N) is 1. The summed E-state index contributed by atoms with van der Waals surface area (Å²) in [6, 6.07) is 8.95. The Morgan fingerprint density at radius 2 is 1.67 bits per heavy atom. The number of amides is 1. The summed E-state index contributed by atoms with van der Waals surface area (Å²) in [5.41, 5.74) is 1.13. The normalized spacial score (nSPS) is 13.5. The van der Waals surface area contributed by atoms with Gasteiger partial charge in [0.2, 0.25) is 6.20 Å². The van der Waals surface area contributed by atoms with E-state index < -0.39 is 18.0 Å². The van der Waals surface area contributed by atoms with Crippen molar-refractivity contribution in [3.63, 3.8) is 0 Å². The van der Waals surface area contributed by atoms with Gasteiger partial charge in [-0.05, 0) is 55.2 Å². The van der Waals surface area contributed by atoms with E-state index in [9.17, 15) is 23.2 Å². The van der Waals surface area contributed by atoms with Crippen LogP contribution in [0.1, 0.15) is 34.7 Å². The molecule has 3 aromatic rings. The second-order valence-corrected chi connectivity index (χ2v) is 8.14. The van der Waals surface area contributed by atoms with Crippen molar-refractivity contribution in [2.45, 2.75) is 25.1 Å². The highest BCUT2D eigenvalue weighted by Crippen LogP contribution is 2.40. The van der Waals surface area contributed by atoms with Crippen LogP contribution >= 0.6 is 23.2 Å². The molecule has 1 N–H and O–H groups in total. The Balaban J connectivity index is 1.57. The third-order valence-corrected chi connectivity index (χ3v) is 5.45. The summed E-state index contributed by atoms with van der Waals surface area (Å²) < 4.78 is 47.2. The van der Waals surface area contributed by atoms with Gasteiger partial charge in [0.15, 0.2) is 6.20 Å². The van der Waals surface area contributed by atoms with E-state index in [0.717, 1.165) is 30.5 Å². The SMILES string of the molecule is O=C(Nc1cc(C2CC2)c[n+]([O-])c1)c1cc(Cl)c(Cl)cc1Oc1ccc(OC(F)(F)F)cc1. The van der Waals surface area contributed by atoms with E-state index in [1.807, 2.05) is 0 Å².